The first kappa shape index (κ1) is 9.21. The van der Waals surface area contributed by atoms with E-state index in [9.17, 15) is 8.42 Å². The van der Waals surface area contributed by atoms with Crippen molar-refractivity contribution in [2.45, 2.75) is 0 Å². The quantitative estimate of drug-likeness (QED) is 0.652. The second kappa shape index (κ2) is 3.10. The zero-order valence-corrected chi connectivity index (χ0v) is 8.16. The predicted octanol–water partition coefficient (Wildman–Crippen LogP) is 0.996. The molecule has 0 fully saturated rings. The van der Waals surface area contributed by atoms with Crippen molar-refractivity contribution in [3.05, 3.63) is 52.7 Å². The summed E-state index contributed by atoms with van der Waals surface area (Å²) in [6.45, 7) is 0. The summed E-state index contributed by atoms with van der Waals surface area (Å²) in [7, 11) is -3.61. The number of sulfonamides is 1. The highest BCUT2D eigenvalue weighted by Gasteiger charge is 2.25. The molecule has 3 nitrogen and oxygen atoms in total. The fourth-order valence-corrected chi connectivity index (χ4v) is 2.35. The maximum atomic E-state index is 11.2. The van der Waals surface area contributed by atoms with Gasteiger partial charge in [-0.05, 0) is 12.2 Å². The van der Waals surface area contributed by atoms with Crippen molar-refractivity contribution in [2.75, 3.05) is 0 Å². The average molecular weight is 207 g/mol. The van der Waals surface area contributed by atoms with E-state index in [0.29, 0.717) is 0 Å². The van der Waals surface area contributed by atoms with Crippen LogP contribution in [0, 0.1) is 5.92 Å². The van der Waals surface area contributed by atoms with E-state index in [-0.39, 0.29) is 10.8 Å². The molecule has 2 N–H and O–H groups in total. The van der Waals surface area contributed by atoms with Gasteiger partial charge >= 0.3 is 0 Å². The van der Waals surface area contributed by atoms with Crippen LogP contribution in [0.3, 0.4) is 0 Å². The third kappa shape index (κ3) is 1.51. The van der Waals surface area contributed by atoms with Crippen LogP contribution >= 0.6 is 0 Å². The monoisotopic (exact) mass is 207 g/mol. The summed E-state index contributed by atoms with van der Waals surface area (Å²) in [5.41, 5.74) is 3.81. The summed E-state index contributed by atoms with van der Waals surface area (Å²) >= 11 is 0. The van der Waals surface area contributed by atoms with Gasteiger partial charge in [-0.2, -0.15) is 0 Å². The molecule has 1 atom stereocenters. The van der Waals surface area contributed by atoms with E-state index in [1.165, 1.54) is 6.08 Å². The maximum Gasteiger partial charge on any atom is 0.235 e. The van der Waals surface area contributed by atoms with Gasteiger partial charge in [-0.25, -0.2) is 13.6 Å². The number of fused-ring (bicyclic) bond motifs is 1. The van der Waals surface area contributed by atoms with Gasteiger partial charge in [0, 0.05) is 11.5 Å². The van der Waals surface area contributed by atoms with E-state index in [1.807, 2.05) is 6.08 Å². The number of hydrogen-bond donors (Lipinski definition) is 1. The van der Waals surface area contributed by atoms with E-state index < -0.39 is 10.0 Å². The molecule has 0 aromatic rings. The summed E-state index contributed by atoms with van der Waals surface area (Å²) in [4.78, 5) is 0.229. The van der Waals surface area contributed by atoms with Crippen LogP contribution in [0.1, 0.15) is 0 Å². The fraction of sp³-hybridized carbons (Fsp3) is 0.100. The zero-order chi connectivity index (χ0) is 10.2. The summed E-state index contributed by atoms with van der Waals surface area (Å²) in [6, 6.07) is 0. The Morgan fingerprint density at radius 1 is 1.36 bits per heavy atom. The second-order valence-corrected chi connectivity index (χ2v) is 4.66. The van der Waals surface area contributed by atoms with Gasteiger partial charge in [0.25, 0.3) is 0 Å². The molecule has 0 aromatic heterocycles. The molecule has 72 valence electrons. The molecule has 0 bridgehead atoms. The van der Waals surface area contributed by atoms with Crippen molar-refractivity contribution in [2.24, 2.45) is 11.1 Å². The van der Waals surface area contributed by atoms with E-state index in [0.717, 1.165) is 5.57 Å². The molecule has 0 aliphatic heterocycles. The number of primary sulfonamides is 1. The van der Waals surface area contributed by atoms with Crippen molar-refractivity contribution < 1.29 is 8.42 Å². The van der Waals surface area contributed by atoms with Crippen molar-refractivity contribution in [3.63, 3.8) is 0 Å². The minimum absolute atomic E-state index is 0.229. The van der Waals surface area contributed by atoms with E-state index >= 15 is 0 Å². The van der Waals surface area contributed by atoms with E-state index in [4.69, 9.17) is 5.14 Å². The Kier molecular flexibility index (Phi) is 2.04. The number of nitrogens with two attached hydrogens (primary N) is 1. The van der Waals surface area contributed by atoms with Crippen LogP contribution in [0.4, 0.5) is 0 Å². The van der Waals surface area contributed by atoms with Gasteiger partial charge < -0.3 is 0 Å². The van der Waals surface area contributed by atoms with Crippen molar-refractivity contribution in [1.29, 1.82) is 0 Å². The van der Waals surface area contributed by atoms with Crippen LogP contribution < -0.4 is 5.14 Å². The summed E-state index contributed by atoms with van der Waals surface area (Å²) in [6.07, 6.45) is 10.4. The lowest BCUT2D eigenvalue weighted by Crippen LogP contribution is -2.22. The first-order valence-electron chi connectivity index (χ1n) is 4.13. The minimum atomic E-state index is -3.61. The highest BCUT2D eigenvalue weighted by atomic mass is 32.2. The SMILES string of the molecule is NS(=O)(=O)C1=CC=CC2=C=CC=CC21. The highest BCUT2D eigenvalue weighted by Crippen LogP contribution is 2.30. The summed E-state index contributed by atoms with van der Waals surface area (Å²) in [5.74, 6) is -0.264. The molecule has 14 heavy (non-hydrogen) atoms. The van der Waals surface area contributed by atoms with Crippen molar-refractivity contribution in [3.8, 4) is 0 Å². The molecule has 2 aliphatic carbocycles. The van der Waals surface area contributed by atoms with Gasteiger partial charge in [0.15, 0.2) is 0 Å². The molecule has 0 radical (unpaired) electrons. The molecule has 0 saturated heterocycles. The van der Waals surface area contributed by atoms with Crippen LogP contribution in [0.5, 0.6) is 0 Å². The third-order valence-corrected chi connectivity index (χ3v) is 3.20. The lowest BCUT2D eigenvalue weighted by molar-refractivity contribution is 0.600. The lowest BCUT2D eigenvalue weighted by Gasteiger charge is -2.19. The van der Waals surface area contributed by atoms with Crippen LogP contribution in [0.15, 0.2) is 52.7 Å². The first-order valence-corrected chi connectivity index (χ1v) is 5.68. The summed E-state index contributed by atoms with van der Waals surface area (Å²) in [5, 5.41) is 5.10. The van der Waals surface area contributed by atoms with Crippen LogP contribution in [0.2, 0.25) is 0 Å². The van der Waals surface area contributed by atoms with Gasteiger partial charge in [0.2, 0.25) is 10.0 Å². The maximum absolute atomic E-state index is 11.2. The predicted molar refractivity (Wildman–Crippen MR) is 54.6 cm³/mol. The molecule has 0 heterocycles. The zero-order valence-electron chi connectivity index (χ0n) is 7.34. The standard InChI is InChI=1S/C10H9NO2S/c11-14(12,13)10-7-3-5-8-4-1-2-6-9(8)10/h1-3,5-7,9H,(H2,11,12,13). The van der Waals surface area contributed by atoms with E-state index in [1.54, 1.807) is 24.3 Å². The first-order chi connectivity index (χ1) is 6.59. The topological polar surface area (TPSA) is 60.2 Å². The molecule has 0 amide bonds. The fourth-order valence-electron chi connectivity index (χ4n) is 1.53. The Morgan fingerprint density at radius 3 is 2.86 bits per heavy atom. The largest absolute Gasteiger partial charge is 0.235 e. The minimum Gasteiger partial charge on any atom is -0.225 e. The second-order valence-electron chi connectivity index (χ2n) is 3.10. The van der Waals surface area contributed by atoms with Gasteiger partial charge in [-0.15, -0.1) is 5.73 Å². The van der Waals surface area contributed by atoms with Crippen LogP contribution in [-0.4, -0.2) is 8.42 Å². The molecule has 0 spiro atoms. The van der Waals surface area contributed by atoms with Gasteiger partial charge in [0.05, 0.1) is 4.91 Å². The number of allylic oxidation sites excluding steroid dienone is 7. The Morgan fingerprint density at radius 2 is 2.14 bits per heavy atom. The average Bonchev–Trinajstić information content (AvgIpc) is 2.15. The number of hydrogen-bond acceptors (Lipinski definition) is 2. The molecular formula is C10H9NO2S. The van der Waals surface area contributed by atoms with Gasteiger partial charge in [0.1, 0.15) is 0 Å². The Labute approximate surface area is 82.7 Å². The van der Waals surface area contributed by atoms with Crippen LogP contribution in [0.25, 0.3) is 0 Å². The van der Waals surface area contributed by atoms with Crippen molar-refractivity contribution in [1.82, 2.24) is 0 Å². The lowest BCUT2D eigenvalue weighted by atomic mass is 9.92. The highest BCUT2D eigenvalue weighted by molar-refractivity contribution is 7.93. The molecule has 1 unspecified atom stereocenters. The molecule has 2 rings (SSSR count). The van der Waals surface area contributed by atoms with Gasteiger partial charge in [-0.3, -0.25) is 0 Å². The molecule has 4 heteroatoms. The van der Waals surface area contributed by atoms with Crippen LogP contribution in [-0.2, 0) is 10.0 Å². The Hall–Kier alpha value is -1.35. The molecular weight excluding hydrogens is 198 g/mol. The van der Waals surface area contributed by atoms with E-state index in [2.05, 4.69) is 5.73 Å². The summed E-state index contributed by atoms with van der Waals surface area (Å²) < 4.78 is 22.5. The smallest absolute Gasteiger partial charge is 0.225 e. The number of rotatable bonds is 1. The molecule has 0 aromatic carbocycles. The Balaban J connectivity index is 2.57. The van der Waals surface area contributed by atoms with Crippen molar-refractivity contribution >= 4 is 10.0 Å². The molecule has 0 saturated carbocycles. The van der Waals surface area contributed by atoms with Gasteiger partial charge in [-0.1, -0.05) is 24.3 Å². The normalized spacial score (nSPS) is 24.2. The Bertz CT molecular complexity index is 514. The molecule has 2 aliphatic rings. The third-order valence-electron chi connectivity index (χ3n) is 2.16.